The lowest BCUT2D eigenvalue weighted by Crippen LogP contribution is -2.32. The molecule has 0 aliphatic carbocycles. The van der Waals surface area contributed by atoms with Crippen LogP contribution in [-0.4, -0.2) is 64.3 Å². The number of ether oxygens (including phenoxy) is 1. The Morgan fingerprint density at radius 3 is 2.63 bits per heavy atom. The lowest BCUT2D eigenvalue weighted by Gasteiger charge is -2.23. The van der Waals surface area contributed by atoms with E-state index in [2.05, 4.69) is 20.3 Å². The van der Waals surface area contributed by atoms with Crippen molar-refractivity contribution < 1.29 is 17.9 Å². The summed E-state index contributed by atoms with van der Waals surface area (Å²) >= 11 is 6.02. The van der Waals surface area contributed by atoms with Crippen molar-refractivity contribution in [2.24, 2.45) is 7.05 Å². The first kappa shape index (κ1) is 30.2. The zero-order valence-electron chi connectivity index (χ0n) is 24.3. The second-order valence-corrected chi connectivity index (χ2v) is 12.7. The first-order chi connectivity index (χ1) is 20.3. The highest BCUT2D eigenvalue weighted by atomic mass is 35.5. The summed E-state index contributed by atoms with van der Waals surface area (Å²) in [5.41, 5.74) is 2.73. The predicted molar refractivity (Wildman–Crippen MR) is 163 cm³/mol. The Balaban J connectivity index is 1.48. The molecule has 1 saturated heterocycles. The van der Waals surface area contributed by atoms with Gasteiger partial charge in [-0.25, -0.2) is 28.1 Å². The minimum Gasteiger partial charge on any atom is -0.471 e. The van der Waals surface area contributed by atoms with Crippen LogP contribution in [0, 0.1) is 13.8 Å². The smallest absolute Gasteiger partial charge is 0.285 e. The number of benzene rings is 1. The molecule has 4 aromatic rings. The number of aryl methyl sites for hydroxylation is 2. The highest BCUT2D eigenvalue weighted by Crippen LogP contribution is 2.30. The fourth-order valence-electron chi connectivity index (χ4n) is 5.03. The van der Waals surface area contributed by atoms with E-state index in [1.807, 2.05) is 36.5 Å². The lowest BCUT2D eigenvalue weighted by atomic mass is 10.0. The first-order valence-electron chi connectivity index (χ1n) is 13.5. The van der Waals surface area contributed by atoms with E-state index in [9.17, 15) is 18.0 Å². The van der Waals surface area contributed by atoms with Crippen LogP contribution in [0.25, 0.3) is 10.9 Å². The summed E-state index contributed by atoms with van der Waals surface area (Å²) in [6.45, 7) is 6.72. The third kappa shape index (κ3) is 6.70. The average molecular weight is 627 g/mol. The Morgan fingerprint density at radius 1 is 1.16 bits per heavy atom. The number of hydrogen-bond donors (Lipinski definition) is 2. The van der Waals surface area contributed by atoms with Gasteiger partial charge in [0.2, 0.25) is 21.9 Å². The molecular weight excluding hydrogens is 596 g/mol. The molecule has 1 aliphatic rings. The van der Waals surface area contributed by atoms with Crippen molar-refractivity contribution in [2.45, 2.75) is 39.3 Å². The number of fused-ring (bicyclic) bond motifs is 1. The van der Waals surface area contributed by atoms with E-state index in [4.69, 9.17) is 21.3 Å². The van der Waals surface area contributed by atoms with Crippen LogP contribution in [0.3, 0.4) is 0 Å². The number of hydrogen-bond acceptors (Lipinski definition) is 11. The normalized spacial score (nSPS) is 15.9. The van der Waals surface area contributed by atoms with Crippen LogP contribution in [0.1, 0.15) is 46.7 Å². The molecular formula is C28H31ClN8O5S. The van der Waals surface area contributed by atoms with Gasteiger partial charge in [-0.3, -0.25) is 19.1 Å². The summed E-state index contributed by atoms with van der Waals surface area (Å²) in [4.78, 5) is 45.8. The highest BCUT2D eigenvalue weighted by Gasteiger charge is 2.29. The highest BCUT2D eigenvalue weighted by molar-refractivity contribution is 7.89. The standard InChI is InChI=1S/C28H31ClN8O5S/c1-15-10-19(17(3)32-21-6-7-22(29)33-25(21)26(38)35-43(5,40)41)24-20(11-15)27(39)36(4)28(34-24)37-9-8-18(14-37)42-23-13-30-16(2)12-31-23/h6-7,10-13,17-18,32H,8-9,14H2,1-5H3,(H,35,38)/t17-,18-/m1/s1. The van der Waals surface area contributed by atoms with Crippen molar-refractivity contribution in [3.8, 4) is 5.88 Å². The van der Waals surface area contributed by atoms with Crippen molar-refractivity contribution >= 4 is 50.1 Å². The molecule has 15 heteroatoms. The minimum atomic E-state index is -3.84. The lowest BCUT2D eigenvalue weighted by molar-refractivity contribution is 0.0977. The van der Waals surface area contributed by atoms with E-state index in [0.29, 0.717) is 47.8 Å². The molecule has 1 aliphatic heterocycles. The maximum Gasteiger partial charge on any atom is 0.285 e. The second-order valence-electron chi connectivity index (χ2n) is 10.6. The molecule has 226 valence electrons. The van der Waals surface area contributed by atoms with E-state index in [-0.39, 0.29) is 28.2 Å². The van der Waals surface area contributed by atoms with Gasteiger partial charge in [-0.1, -0.05) is 17.7 Å². The second kappa shape index (κ2) is 11.8. The topological polar surface area (TPSA) is 161 Å². The van der Waals surface area contributed by atoms with Crippen molar-refractivity contribution in [3.05, 3.63) is 74.7 Å². The SMILES string of the molecule is Cc1cc([C@@H](C)Nc2ccc(Cl)nc2C(=O)NS(C)(=O)=O)c2nc(N3CC[C@@H](Oc4cnc(C)cn4)C3)n(C)c(=O)c2c1. The Morgan fingerprint density at radius 2 is 1.93 bits per heavy atom. The number of halogens is 1. The van der Waals surface area contributed by atoms with Crippen LogP contribution < -0.4 is 25.2 Å². The number of pyridine rings is 1. The van der Waals surface area contributed by atoms with Crippen LogP contribution >= 0.6 is 11.6 Å². The summed E-state index contributed by atoms with van der Waals surface area (Å²) in [5, 5.41) is 3.70. The number of carbonyl (C=O) groups excluding carboxylic acids is 1. The molecule has 0 unspecified atom stereocenters. The van der Waals surface area contributed by atoms with E-state index >= 15 is 0 Å². The van der Waals surface area contributed by atoms with Gasteiger partial charge in [-0.2, -0.15) is 0 Å². The van der Waals surface area contributed by atoms with Gasteiger partial charge < -0.3 is 15.0 Å². The fourth-order valence-corrected chi connectivity index (χ4v) is 5.61. The quantitative estimate of drug-likeness (QED) is 0.277. The summed E-state index contributed by atoms with van der Waals surface area (Å²) in [7, 11) is -2.15. The number of nitrogens with zero attached hydrogens (tertiary/aromatic N) is 6. The van der Waals surface area contributed by atoms with E-state index < -0.39 is 22.0 Å². The monoisotopic (exact) mass is 626 g/mol. The fraction of sp³-hybridized carbons (Fsp3) is 0.357. The zero-order valence-corrected chi connectivity index (χ0v) is 25.8. The third-order valence-corrected chi connectivity index (χ3v) is 7.76. The van der Waals surface area contributed by atoms with Crippen LogP contribution in [0.4, 0.5) is 11.6 Å². The molecule has 0 radical (unpaired) electrons. The van der Waals surface area contributed by atoms with Gasteiger partial charge in [-0.15, -0.1) is 0 Å². The minimum absolute atomic E-state index is 0.0231. The number of sulfonamides is 1. The number of anilines is 2. The summed E-state index contributed by atoms with van der Waals surface area (Å²) in [6.07, 6.45) is 4.67. The van der Waals surface area contributed by atoms with Crippen molar-refractivity contribution in [1.29, 1.82) is 0 Å². The van der Waals surface area contributed by atoms with Gasteiger partial charge in [0.1, 0.15) is 11.3 Å². The van der Waals surface area contributed by atoms with Gasteiger partial charge >= 0.3 is 0 Å². The Bertz CT molecular complexity index is 1880. The van der Waals surface area contributed by atoms with Crippen LogP contribution in [0.15, 0.2) is 41.5 Å². The zero-order chi connectivity index (χ0) is 31.1. The average Bonchev–Trinajstić information content (AvgIpc) is 3.40. The molecule has 0 bridgehead atoms. The molecule has 4 heterocycles. The number of nitrogens with one attached hydrogen (secondary N) is 2. The van der Waals surface area contributed by atoms with Crippen molar-refractivity contribution in [2.75, 3.05) is 29.6 Å². The summed E-state index contributed by atoms with van der Waals surface area (Å²) < 4.78 is 32.9. The Hall–Kier alpha value is -4.30. The van der Waals surface area contributed by atoms with Gasteiger partial charge in [0, 0.05) is 25.6 Å². The molecule has 2 N–H and O–H groups in total. The molecule has 43 heavy (non-hydrogen) atoms. The first-order valence-corrected chi connectivity index (χ1v) is 15.7. The van der Waals surface area contributed by atoms with Crippen LogP contribution in [-0.2, 0) is 17.1 Å². The van der Waals surface area contributed by atoms with Gasteiger partial charge in [0.05, 0.1) is 53.5 Å². The van der Waals surface area contributed by atoms with E-state index in [1.165, 1.54) is 10.6 Å². The van der Waals surface area contributed by atoms with Crippen LogP contribution in [0.2, 0.25) is 5.15 Å². The molecule has 13 nitrogen and oxygen atoms in total. The number of carbonyl (C=O) groups is 1. The molecule has 3 aromatic heterocycles. The van der Waals surface area contributed by atoms with E-state index in [1.54, 1.807) is 31.6 Å². The maximum atomic E-state index is 13.6. The molecule has 2 atom stereocenters. The molecule has 0 spiro atoms. The van der Waals surface area contributed by atoms with Crippen LogP contribution in [0.5, 0.6) is 5.88 Å². The van der Waals surface area contributed by atoms with Gasteiger partial charge in [0.25, 0.3) is 11.5 Å². The molecule has 0 saturated carbocycles. The Labute approximate surface area is 253 Å². The third-order valence-electron chi connectivity index (χ3n) is 7.00. The van der Waals surface area contributed by atoms with Gasteiger partial charge in [0.15, 0.2) is 5.69 Å². The maximum absolute atomic E-state index is 13.6. The summed E-state index contributed by atoms with van der Waals surface area (Å²) in [5.74, 6) is 0.0134. The van der Waals surface area contributed by atoms with E-state index in [0.717, 1.165) is 17.5 Å². The largest absolute Gasteiger partial charge is 0.471 e. The molecule has 1 amide bonds. The predicted octanol–water partition coefficient (Wildman–Crippen LogP) is 2.91. The molecule has 1 aromatic carbocycles. The number of amides is 1. The Kier molecular flexibility index (Phi) is 8.25. The van der Waals surface area contributed by atoms with Crippen molar-refractivity contribution in [3.63, 3.8) is 0 Å². The number of aromatic nitrogens is 5. The summed E-state index contributed by atoms with van der Waals surface area (Å²) in [6, 6.07) is 6.27. The molecule has 5 rings (SSSR count). The van der Waals surface area contributed by atoms with Gasteiger partial charge in [-0.05, 0) is 44.5 Å². The number of rotatable bonds is 8. The molecule has 1 fully saturated rings. The van der Waals surface area contributed by atoms with Crippen molar-refractivity contribution in [1.82, 2.24) is 29.2 Å².